The zero-order valence-electron chi connectivity index (χ0n) is 15.9. The molecule has 1 N–H and O–H groups in total. The fourth-order valence-corrected chi connectivity index (χ4v) is 2.75. The molecule has 142 valence electrons. The standard InChI is InChI=1S/C19H26N2O5/c1-6-10-26-14-9-8-13(11-15(14)24-5)17-16(18(22)25-7-2)12(3)21(4)19(23)20-17/h8-9,11,17H,6-7,10H2,1-5H3,(H,20,23)/t17-/m0/s1. The average Bonchev–Trinajstić information content (AvgIpc) is 2.64. The van der Waals surface area contributed by atoms with Crippen LogP contribution in [-0.2, 0) is 9.53 Å². The number of hydrogen-bond acceptors (Lipinski definition) is 5. The number of esters is 1. The van der Waals surface area contributed by atoms with Gasteiger partial charge in [0.05, 0.1) is 31.9 Å². The minimum Gasteiger partial charge on any atom is -0.493 e. The number of carbonyl (C=O) groups excluding carboxylic acids is 2. The number of urea groups is 1. The molecule has 1 aromatic rings. The molecule has 0 spiro atoms. The van der Waals surface area contributed by atoms with Gasteiger partial charge in [0.15, 0.2) is 11.5 Å². The van der Waals surface area contributed by atoms with E-state index in [0.717, 1.165) is 12.0 Å². The minimum absolute atomic E-state index is 0.257. The third-order valence-corrected chi connectivity index (χ3v) is 4.23. The van der Waals surface area contributed by atoms with Crippen LogP contribution in [0.25, 0.3) is 0 Å². The maximum atomic E-state index is 12.5. The third-order valence-electron chi connectivity index (χ3n) is 4.23. The number of carbonyl (C=O) groups is 2. The Labute approximate surface area is 153 Å². The summed E-state index contributed by atoms with van der Waals surface area (Å²) in [4.78, 5) is 26.1. The quantitative estimate of drug-likeness (QED) is 0.755. The van der Waals surface area contributed by atoms with Crippen molar-refractivity contribution in [3.8, 4) is 11.5 Å². The summed E-state index contributed by atoms with van der Waals surface area (Å²) < 4.78 is 16.3. The SMILES string of the molecule is CCCOc1ccc([C@@H]2NC(=O)N(C)C(C)=C2C(=O)OCC)cc1OC. The molecule has 0 saturated carbocycles. The van der Waals surface area contributed by atoms with Crippen LogP contribution in [0.3, 0.4) is 0 Å². The Bertz CT molecular complexity index is 714. The van der Waals surface area contributed by atoms with Crippen molar-refractivity contribution in [1.82, 2.24) is 10.2 Å². The highest BCUT2D eigenvalue weighted by molar-refractivity contribution is 5.95. The van der Waals surface area contributed by atoms with E-state index in [9.17, 15) is 9.59 Å². The first-order valence-electron chi connectivity index (χ1n) is 8.67. The van der Waals surface area contributed by atoms with Crippen molar-refractivity contribution in [2.24, 2.45) is 0 Å². The summed E-state index contributed by atoms with van der Waals surface area (Å²) in [6, 6.07) is 4.47. The molecule has 1 atom stereocenters. The van der Waals surface area contributed by atoms with E-state index in [0.29, 0.717) is 29.4 Å². The summed E-state index contributed by atoms with van der Waals surface area (Å²) >= 11 is 0. The summed E-state index contributed by atoms with van der Waals surface area (Å²) in [6.45, 7) is 6.33. The normalized spacial score (nSPS) is 17.0. The summed E-state index contributed by atoms with van der Waals surface area (Å²) in [5.41, 5.74) is 1.68. The van der Waals surface area contributed by atoms with Gasteiger partial charge >= 0.3 is 12.0 Å². The van der Waals surface area contributed by atoms with Gasteiger partial charge in [-0.15, -0.1) is 0 Å². The summed E-state index contributed by atoms with van der Waals surface area (Å²) in [5, 5.41) is 2.85. The molecule has 0 saturated heterocycles. The molecular formula is C19H26N2O5. The Morgan fingerprint density at radius 1 is 1.27 bits per heavy atom. The number of allylic oxidation sites excluding steroid dienone is 1. The first kappa shape index (κ1) is 19.6. The van der Waals surface area contributed by atoms with Crippen molar-refractivity contribution in [2.45, 2.75) is 33.2 Å². The minimum atomic E-state index is -0.619. The first-order chi connectivity index (χ1) is 12.4. The number of rotatable bonds is 7. The molecule has 2 rings (SSSR count). The maximum Gasteiger partial charge on any atom is 0.338 e. The molecule has 0 radical (unpaired) electrons. The van der Waals surface area contributed by atoms with E-state index < -0.39 is 12.0 Å². The Balaban J connectivity index is 2.46. The van der Waals surface area contributed by atoms with Gasteiger partial charge in [-0.05, 0) is 38.0 Å². The topological polar surface area (TPSA) is 77.1 Å². The van der Waals surface area contributed by atoms with Crippen molar-refractivity contribution in [3.05, 3.63) is 35.0 Å². The van der Waals surface area contributed by atoms with Gasteiger partial charge in [-0.1, -0.05) is 13.0 Å². The Morgan fingerprint density at radius 3 is 2.62 bits per heavy atom. The van der Waals surface area contributed by atoms with Gasteiger partial charge in [0.25, 0.3) is 0 Å². The lowest BCUT2D eigenvalue weighted by molar-refractivity contribution is -0.139. The lowest BCUT2D eigenvalue weighted by atomic mass is 9.94. The molecule has 0 fully saturated rings. The summed E-state index contributed by atoms with van der Waals surface area (Å²) in [7, 11) is 3.17. The lowest BCUT2D eigenvalue weighted by Crippen LogP contribution is -2.46. The molecule has 0 aliphatic carbocycles. The highest BCUT2D eigenvalue weighted by Crippen LogP contribution is 2.35. The Morgan fingerprint density at radius 2 is 2.00 bits per heavy atom. The molecule has 26 heavy (non-hydrogen) atoms. The molecule has 7 nitrogen and oxygen atoms in total. The van der Waals surface area contributed by atoms with Gasteiger partial charge in [-0.25, -0.2) is 9.59 Å². The monoisotopic (exact) mass is 362 g/mol. The summed E-state index contributed by atoms with van der Waals surface area (Å²) in [5.74, 6) is 0.716. The highest BCUT2D eigenvalue weighted by atomic mass is 16.5. The first-order valence-corrected chi connectivity index (χ1v) is 8.67. The molecule has 1 aliphatic rings. The second-order valence-electron chi connectivity index (χ2n) is 5.92. The number of nitrogens with one attached hydrogen (secondary N) is 1. The molecule has 7 heteroatoms. The van der Waals surface area contributed by atoms with E-state index in [1.54, 1.807) is 40.1 Å². The van der Waals surface area contributed by atoms with Crippen molar-refractivity contribution >= 4 is 12.0 Å². The van der Waals surface area contributed by atoms with Crippen molar-refractivity contribution in [1.29, 1.82) is 0 Å². The second kappa shape index (κ2) is 8.60. The van der Waals surface area contributed by atoms with E-state index in [1.807, 2.05) is 13.0 Å². The van der Waals surface area contributed by atoms with E-state index in [2.05, 4.69) is 5.32 Å². The number of ether oxygens (including phenoxy) is 3. The molecular weight excluding hydrogens is 336 g/mol. The molecule has 0 bridgehead atoms. The predicted octanol–water partition coefficient (Wildman–Crippen LogP) is 3.02. The van der Waals surface area contributed by atoms with Crippen molar-refractivity contribution < 1.29 is 23.8 Å². The molecule has 1 aromatic carbocycles. The van der Waals surface area contributed by atoms with Crippen LogP contribution in [0.5, 0.6) is 11.5 Å². The molecule has 0 aromatic heterocycles. The van der Waals surface area contributed by atoms with Crippen LogP contribution in [0.2, 0.25) is 0 Å². The van der Waals surface area contributed by atoms with Gasteiger partial charge in [0, 0.05) is 12.7 Å². The van der Waals surface area contributed by atoms with Crippen LogP contribution < -0.4 is 14.8 Å². The van der Waals surface area contributed by atoms with Crippen LogP contribution >= 0.6 is 0 Å². The largest absolute Gasteiger partial charge is 0.493 e. The van der Waals surface area contributed by atoms with Crippen LogP contribution in [0.4, 0.5) is 4.79 Å². The summed E-state index contributed by atoms with van der Waals surface area (Å²) in [6.07, 6.45) is 0.880. The van der Waals surface area contributed by atoms with E-state index in [-0.39, 0.29) is 12.6 Å². The molecule has 1 aliphatic heterocycles. The van der Waals surface area contributed by atoms with E-state index >= 15 is 0 Å². The zero-order valence-corrected chi connectivity index (χ0v) is 15.9. The average molecular weight is 362 g/mol. The maximum absolute atomic E-state index is 12.5. The van der Waals surface area contributed by atoms with Crippen LogP contribution in [0.15, 0.2) is 29.5 Å². The number of methoxy groups -OCH3 is 1. The lowest BCUT2D eigenvalue weighted by Gasteiger charge is -2.33. The number of hydrogen-bond donors (Lipinski definition) is 1. The molecule has 2 amide bonds. The van der Waals surface area contributed by atoms with Gasteiger partial charge in [-0.3, -0.25) is 0 Å². The van der Waals surface area contributed by atoms with Gasteiger partial charge in [0.1, 0.15) is 0 Å². The van der Waals surface area contributed by atoms with Crippen LogP contribution in [0.1, 0.15) is 38.8 Å². The number of amides is 2. The third kappa shape index (κ3) is 3.92. The second-order valence-corrected chi connectivity index (χ2v) is 5.92. The van der Waals surface area contributed by atoms with Gasteiger partial charge in [-0.2, -0.15) is 0 Å². The Kier molecular flexibility index (Phi) is 6.49. The van der Waals surface area contributed by atoms with Gasteiger partial charge in [0.2, 0.25) is 0 Å². The number of benzene rings is 1. The fourth-order valence-electron chi connectivity index (χ4n) is 2.75. The van der Waals surface area contributed by atoms with E-state index in [4.69, 9.17) is 14.2 Å². The molecule has 0 unspecified atom stereocenters. The predicted molar refractivity (Wildman–Crippen MR) is 97.1 cm³/mol. The fraction of sp³-hybridized carbons (Fsp3) is 0.474. The Hall–Kier alpha value is -2.70. The zero-order chi connectivity index (χ0) is 19.3. The van der Waals surface area contributed by atoms with Crippen LogP contribution in [-0.4, -0.2) is 44.3 Å². The van der Waals surface area contributed by atoms with Crippen molar-refractivity contribution in [2.75, 3.05) is 27.4 Å². The highest BCUT2D eigenvalue weighted by Gasteiger charge is 2.35. The molecule has 1 heterocycles. The van der Waals surface area contributed by atoms with E-state index in [1.165, 1.54) is 4.90 Å². The smallest absolute Gasteiger partial charge is 0.338 e. The van der Waals surface area contributed by atoms with Crippen LogP contribution in [0, 0.1) is 0 Å². The number of nitrogens with zero attached hydrogens (tertiary/aromatic N) is 1. The van der Waals surface area contributed by atoms with Gasteiger partial charge < -0.3 is 24.4 Å². The van der Waals surface area contributed by atoms with Crippen molar-refractivity contribution in [3.63, 3.8) is 0 Å².